The molecule has 2 unspecified atom stereocenters. The molecule has 1 aromatic rings. The van der Waals surface area contributed by atoms with Gasteiger partial charge in [-0.2, -0.15) is 0 Å². The zero-order chi connectivity index (χ0) is 15.4. The number of nitrogens with zero attached hydrogens (tertiary/aromatic N) is 1. The van der Waals surface area contributed by atoms with Crippen molar-refractivity contribution in [3.05, 3.63) is 41.5 Å². The van der Waals surface area contributed by atoms with Crippen molar-refractivity contribution in [1.29, 1.82) is 0 Å². The predicted molar refractivity (Wildman–Crippen MR) is 89.2 cm³/mol. The van der Waals surface area contributed by atoms with E-state index < -0.39 is 0 Å². The topological polar surface area (TPSA) is 20.3 Å². The Morgan fingerprint density at radius 1 is 1.14 bits per heavy atom. The Morgan fingerprint density at radius 3 is 2.24 bits per heavy atom. The number of amides is 1. The van der Waals surface area contributed by atoms with Gasteiger partial charge in [0.25, 0.3) is 0 Å². The van der Waals surface area contributed by atoms with E-state index in [1.807, 2.05) is 11.0 Å². The second-order valence-electron chi connectivity index (χ2n) is 6.53. The normalized spacial score (nSPS) is 23.0. The largest absolute Gasteiger partial charge is 0.334 e. The molecule has 0 radical (unpaired) electrons. The number of hydrogen-bond donors (Lipinski definition) is 0. The van der Waals surface area contributed by atoms with E-state index in [9.17, 15) is 4.79 Å². The van der Waals surface area contributed by atoms with Crippen molar-refractivity contribution in [3.8, 4) is 0 Å². The molecule has 0 aromatic heterocycles. The van der Waals surface area contributed by atoms with Crippen LogP contribution in [0.15, 0.2) is 30.3 Å². The number of likely N-dealkylation sites (tertiary alicyclic amines) is 1. The van der Waals surface area contributed by atoms with Crippen LogP contribution < -0.4 is 0 Å². The van der Waals surface area contributed by atoms with Gasteiger partial charge in [0.1, 0.15) is 0 Å². The van der Waals surface area contributed by atoms with E-state index in [0.717, 1.165) is 18.4 Å². The van der Waals surface area contributed by atoms with E-state index in [4.69, 9.17) is 0 Å². The molecular weight excluding hydrogens is 258 g/mol. The van der Waals surface area contributed by atoms with E-state index >= 15 is 0 Å². The number of benzene rings is 1. The van der Waals surface area contributed by atoms with Gasteiger partial charge in [-0.25, -0.2) is 0 Å². The summed E-state index contributed by atoms with van der Waals surface area (Å²) >= 11 is 0. The monoisotopic (exact) mass is 285 g/mol. The quantitative estimate of drug-likeness (QED) is 0.742. The molecule has 0 spiro atoms. The molecule has 1 fully saturated rings. The average Bonchev–Trinajstić information content (AvgIpc) is 2.45. The third-order valence-electron chi connectivity index (χ3n) is 4.47. The van der Waals surface area contributed by atoms with Gasteiger partial charge in [0.05, 0.1) is 0 Å². The Labute approximate surface area is 128 Å². The van der Waals surface area contributed by atoms with E-state index in [1.165, 1.54) is 12.0 Å². The molecule has 2 rings (SSSR count). The number of rotatable bonds is 3. The van der Waals surface area contributed by atoms with Gasteiger partial charge in [0, 0.05) is 18.2 Å². The summed E-state index contributed by atoms with van der Waals surface area (Å²) in [6.07, 6.45) is 7.12. The van der Waals surface area contributed by atoms with E-state index in [2.05, 4.69) is 52.0 Å². The molecule has 2 nitrogen and oxygen atoms in total. The fraction of sp³-hybridized carbons (Fsp3) is 0.526. The Kier molecular flexibility index (Phi) is 5.22. The van der Waals surface area contributed by atoms with Gasteiger partial charge in [-0.15, -0.1) is 0 Å². The van der Waals surface area contributed by atoms with Gasteiger partial charge in [0.2, 0.25) is 5.91 Å². The Balaban J connectivity index is 2.04. The molecule has 0 N–H and O–H groups in total. The molecule has 1 saturated heterocycles. The van der Waals surface area contributed by atoms with Crippen LogP contribution in [-0.4, -0.2) is 22.9 Å². The third-order valence-corrected chi connectivity index (χ3v) is 4.47. The minimum absolute atomic E-state index is 0.141. The van der Waals surface area contributed by atoms with Crippen molar-refractivity contribution in [3.63, 3.8) is 0 Å². The molecule has 0 aliphatic carbocycles. The Hall–Kier alpha value is -1.57. The predicted octanol–water partition coefficient (Wildman–Crippen LogP) is 4.61. The molecule has 1 amide bonds. The van der Waals surface area contributed by atoms with Crippen LogP contribution in [0.2, 0.25) is 0 Å². The Morgan fingerprint density at radius 2 is 1.71 bits per heavy atom. The molecule has 0 bridgehead atoms. The average molecular weight is 285 g/mol. The first kappa shape index (κ1) is 15.8. The summed E-state index contributed by atoms with van der Waals surface area (Å²) in [5, 5.41) is 0. The van der Waals surface area contributed by atoms with Crippen molar-refractivity contribution < 1.29 is 4.79 Å². The minimum Gasteiger partial charge on any atom is -0.334 e. The fourth-order valence-corrected chi connectivity index (χ4v) is 3.10. The molecule has 1 aliphatic rings. The Bertz CT molecular complexity index is 491. The van der Waals surface area contributed by atoms with Crippen molar-refractivity contribution in [1.82, 2.24) is 4.90 Å². The molecule has 21 heavy (non-hydrogen) atoms. The second kappa shape index (κ2) is 6.93. The van der Waals surface area contributed by atoms with Crippen molar-refractivity contribution >= 4 is 12.0 Å². The second-order valence-corrected chi connectivity index (χ2v) is 6.53. The lowest BCUT2D eigenvalue weighted by Crippen LogP contribution is -2.46. The van der Waals surface area contributed by atoms with Crippen molar-refractivity contribution in [2.24, 2.45) is 0 Å². The minimum atomic E-state index is 0.141. The summed E-state index contributed by atoms with van der Waals surface area (Å²) in [5.74, 6) is 0.683. The van der Waals surface area contributed by atoms with Crippen LogP contribution in [0, 0.1) is 0 Å². The van der Waals surface area contributed by atoms with Gasteiger partial charge in [-0.1, -0.05) is 38.1 Å². The number of piperidine rings is 1. The highest BCUT2D eigenvalue weighted by Crippen LogP contribution is 2.23. The molecule has 1 aliphatic heterocycles. The van der Waals surface area contributed by atoms with Gasteiger partial charge >= 0.3 is 0 Å². The highest BCUT2D eigenvalue weighted by molar-refractivity contribution is 5.92. The molecule has 1 aromatic carbocycles. The summed E-state index contributed by atoms with van der Waals surface area (Å²) in [6.45, 7) is 8.68. The number of carbonyl (C=O) groups excluding carboxylic acids is 1. The van der Waals surface area contributed by atoms with Crippen LogP contribution in [-0.2, 0) is 4.79 Å². The summed E-state index contributed by atoms with van der Waals surface area (Å²) < 4.78 is 0. The lowest BCUT2D eigenvalue weighted by Gasteiger charge is -2.38. The van der Waals surface area contributed by atoms with Crippen LogP contribution in [0.3, 0.4) is 0 Å². The standard InChI is InChI=1S/C19H27NO/c1-14(2)18-11-8-17(9-12-18)10-13-19(21)20-15(3)6-5-7-16(20)4/h8-16H,5-7H2,1-4H3. The maximum atomic E-state index is 12.4. The highest BCUT2D eigenvalue weighted by Gasteiger charge is 2.27. The first-order valence-electron chi connectivity index (χ1n) is 8.09. The van der Waals surface area contributed by atoms with E-state index in [0.29, 0.717) is 18.0 Å². The zero-order valence-electron chi connectivity index (χ0n) is 13.7. The molecule has 1 heterocycles. The van der Waals surface area contributed by atoms with Crippen LogP contribution in [0.1, 0.15) is 64.0 Å². The number of hydrogen-bond acceptors (Lipinski definition) is 1. The van der Waals surface area contributed by atoms with Crippen LogP contribution in [0.5, 0.6) is 0 Å². The zero-order valence-corrected chi connectivity index (χ0v) is 13.7. The van der Waals surface area contributed by atoms with Crippen molar-refractivity contribution in [2.75, 3.05) is 0 Å². The highest BCUT2D eigenvalue weighted by atomic mass is 16.2. The smallest absolute Gasteiger partial charge is 0.247 e. The summed E-state index contributed by atoms with van der Waals surface area (Å²) in [7, 11) is 0. The SMILES string of the molecule is CC(C)c1ccc(C=CC(=O)N2C(C)CCCC2C)cc1. The molecular formula is C19H27NO. The molecule has 0 saturated carbocycles. The lowest BCUT2D eigenvalue weighted by molar-refractivity contribution is -0.131. The molecule has 2 heteroatoms. The van der Waals surface area contributed by atoms with E-state index in [1.54, 1.807) is 6.08 Å². The lowest BCUT2D eigenvalue weighted by atomic mass is 9.97. The van der Waals surface area contributed by atoms with Gasteiger partial charge in [0.15, 0.2) is 0 Å². The summed E-state index contributed by atoms with van der Waals surface area (Å²) in [4.78, 5) is 14.4. The molecule has 2 atom stereocenters. The third kappa shape index (κ3) is 3.96. The van der Waals surface area contributed by atoms with Crippen molar-refractivity contribution in [2.45, 2.75) is 65.0 Å². The van der Waals surface area contributed by atoms with Crippen LogP contribution >= 0.6 is 0 Å². The van der Waals surface area contributed by atoms with Crippen LogP contribution in [0.4, 0.5) is 0 Å². The van der Waals surface area contributed by atoms with Gasteiger partial charge in [-0.05, 0) is 56.2 Å². The maximum absolute atomic E-state index is 12.4. The number of carbonyl (C=O) groups is 1. The first-order chi connectivity index (χ1) is 9.99. The van der Waals surface area contributed by atoms with Crippen LogP contribution in [0.25, 0.3) is 6.08 Å². The first-order valence-corrected chi connectivity index (χ1v) is 8.09. The summed E-state index contributed by atoms with van der Waals surface area (Å²) in [6, 6.07) is 9.16. The fourth-order valence-electron chi connectivity index (χ4n) is 3.10. The van der Waals surface area contributed by atoms with Gasteiger partial charge < -0.3 is 4.90 Å². The summed E-state index contributed by atoms with van der Waals surface area (Å²) in [5.41, 5.74) is 2.42. The maximum Gasteiger partial charge on any atom is 0.247 e. The molecule has 114 valence electrons. The van der Waals surface area contributed by atoms with Gasteiger partial charge in [-0.3, -0.25) is 4.79 Å². The van der Waals surface area contributed by atoms with E-state index in [-0.39, 0.29) is 5.91 Å².